The number of ketones is 4. The minimum absolute atomic E-state index is 0.0122. The van der Waals surface area contributed by atoms with Gasteiger partial charge in [0, 0.05) is 55.7 Å². The van der Waals surface area contributed by atoms with Gasteiger partial charge in [0.05, 0.1) is 0 Å². The van der Waals surface area contributed by atoms with Gasteiger partial charge in [0.2, 0.25) is 0 Å². The summed E-state index contributed by atoms with van der Waals surface area (Å²) in [7, 11) is 0. The molecule has 4 atom stereocenters. The lowest BCUT2D eigenvalue weighted by atomic mass is 9.70. The summed E-state index contributed by atoms with van der Waals surface area (Å²) in [6.45, 7) is 1.50. The molecule has 11 heteroatoms. The first-order valence-corrected chi connectivity index (χ1v) is 14.6. The maximum atomic E-state index is 13.5. The van der Waals surface area contributed by atoms with Gasteiger partial charge in [-0.25, -0.2) is 9.97 Å². The minimum atomic E-state index is -4.95. The third-order valence-corrected chi connectivity index (χ3v) is 10.8. The smallest absolute Gasteiger partial charge is 0.295 e. The highest BCUT2D eigenvalue weighted by Gasteiger charge is 2.55. The van der Waals surface area contributed by atoms with E-state index in [0.717, 1.165) is 27.5 Å². The second-order valence-electron chi connectivity index (χ2n) is 10.6. The minimum Gasteiger partial charge on any atom is -0.295 e. The fourth-order valence-corrected chi connectivity index (χ4v) is 8.76. The number of thiazole rings is 2. The van der Waals surface area contributed by atoms with Crippen LogP contribution in [-0.2, 0) is 0 Å². The van der Waals surface area contributed by atoms with Crippen LogP contribution >= 0.6 is 22.7 Å². The summed E-state index contributed by atoms with van der Waals surface area (Å²) in [6.07, 6.45) is -3.91. The molecule has 0 radical (unpaired) electrons. The van der Waals surface area contributed by atoms with Crippen molar-refractivity contribution in [3.8, 4) is 21.1 Å². The maximum Gasteiger partial charge on any atom is 0.454 e. The molecule has 3 aliphatic carbocycles. The SMILES string of the molecule is CC(=O)c1ccc(-c2nc3c(s2)C2CC4C(=O)c5nc(-c6ccc(C(=O)C(F)(F)F)cc6)sc5C4CC2C3=O)cc1. The molecule has 2 aromatic heterocycles. The highest BCUT2D eigenvalue weighted by atomic mass is 32.1. The normalized spacial score (nSPS) is 22.7. The lowest BCUT2D eigenvalue weighted by molar-refractivity contribution is -0.0885. The molecule has 0 amide bonds. The molecule has 206 valence electrons. The summed E-state index contributed by atoms with van der Waals surface area (Å²) in [5.41, 5.74) is 2.34. The monoisotopic (exact) mass is 592 g/mol. The standard InChI is InChI=1S/C30H19F3N2O4S2/c1-12(36)13-2-6-15(7-3-13)28-34-21-23(37)17-11-20-18(10-19(17)25(21)40-28)24(38)22-26(20)41-29(35-22)16-8-4-14(5-9-16)27(39)30(31,32)33/h2-9,17-20H,10-11H2,1H3. The number of hydrogen-bond donors (Lipinski definition) is 0. The molecule has 1 fully saturated rings. The number of benzene rings is 2. The van der Waals surface area contributed by atoms with Crippen molar-refractivity contribution in [2.75, 3.05) is 0 Å². The summed E-state index contributed by atoms with van der Waals surface area (Å²) in [5, 5.41) is 1.21. The summed E-state index contributed by atoms with van der Waals surface area (Å²) in [4.78, 5) is 61.0. The Morgan fingerprint density at radius 1 is 0.707 bits per heavy atom. The number of hydrogen-bond acceptors (Lipinski definition) is 8. The van der Waals surface area contributed by atoms with Crippen LogP contribution in [0.5, 0.6) is 0 Å². The number of rotatable bonds is 4. The van der Waals surface area contributed by atoms with Crippen molar-refractivity contribution < 1.29 is 32.3 Å². The predicted octanol–water partition coefficient (Wildman–Crippen LogP) is 7.17. The van der Waals surface area contributed by atoms with Crippen molar-refractivity contribution in [2.24, 2.45) is 11.8 Å². The largest absolute Gasteiger partial charge is 0.454 e. The second kappa shape index (κ2) is 9.09. The van der Waals surface area contributed by atoms with Crippen LogP contribution in [-0.4, -0.2) is 39.3 Å². The van der Waals surface area contributed by atoms with Crippen LogP contribution < -0.4 is 0 Å². The predicted molar refractivity (Wildman–Crippen MR) is 146 cm³/mol. The quantitative estimate of drug-likeness (QED) is 0.233. The molecule has 0 aliphatic heterocycles. The van der Waals surface area contributed by atoms with Crippen LogP contribution in [0.1, 0.15) is 83.0 Å². The molecule has 4 unspecified atom stereocenters. The lowest BCUT2D eigenvalue weighted by Gasteiger charge is -2.33. The highest BCUT2D eigenvalue weighted by Crippen LogP contribution is 2.59. The number of carbonyl (C=O) groups excluding carboxylic acids is 4. The van der Waals surface area contributed by atoms with E-state index in [2.05, 4.69) is 9.97 Å². The Kier molecular flexibility index (Phi) is 5.78. The van der Waals surface area contributed by atoms with Crippen molar-refractivity contribution in [2.45, 2.75) is 37.8 Å². The molecule has 1 saturated carbocycles. The summed E-state index contributed by atoms with van der Waals surface area (Å²) in [6, 6.07) is 12.2. The molecule has 2 heterocycles. The number of Topliss-reactive ketones (excluding diaryl/α,β-unsaturated/α-hetero) is 4. The van der Waals surface area contributed by atoms with Crippen molar-refractivity contribution in [3.05, 3.63) is 80.8 Å². The van der Waals surface area contributed by atoms with E-state index in [4.69, 9.17) is 0 Å². The number of nitrogens with zero attached hydrogens (tertiary/aromatic N) is 2. The molecule has 4 aromatic rings. The first-order chi connectivity index (χ1) is 19.5. The average molecular weight is 593 g/mol. The van der Waals surface area contributed by atoms with E-state index in [9.17, 15) is 32.3 Å². The molecule has 3 aliphatic rings. The van der Waals surface area contributed by atoms with Crippen molar-refractivity contribution in [1.29, 1.82) is 0 Å². The molecule has 0 spiro atoms. The van der Waals surface area contributed by atoms with Crippen molar-refractivity contribution in [3.63, 3.8) is 0 Å². The van der Waals surface area contributed by atoms with Gasteiger partial charge in [-0.15, -0.1) is 22.7 Å². The topological polar surface area (TPSA) is 94.1 Å². The van der Waals surface area contributed by atoms with Gasteiger partial charge in [0.1, 0.15) is 21.4 Å². The van der Waals surface area contributed by atoms with Gasteiger partial charge in [-0.2, -0.15) is 13.2 Å². The fourth-order valence-electron chi connectivity index (χ4n) is 6.26. The fraction of sp³-hybridized carbons (Fsp3) is 0.267. The zero-order chi connectivity index (χ0) is 28.8. The third-order valence-electron chi connectivity index (χ3n) is 8.30. The molecular weight excluding hydrogens is 573 g/mol. The molecule has 6 nitrogen and oxygen atoms in total. The van der Waals surface area contributed by atoms with E-state index >= 15 is 0 Å². The van der Waals surface area contributed by atoms with E-state index in [-0.39, 0.29) is 41.0 Å². The Morgan fingerprint density at radius 2 is 1.12 bits per heavy atom. The van der Waals surface area contributed by atoms with Gasteiger partial charge >= 0.3 is 6.18 Å². The van der Waals surface area contributed by atoms with E-state index in [1.807, 2.05) is 12.1 Å². The second-order valence-corrected chi connectivity index (χ2v) is 12.7. The number of alkyl halides is 3. The Labute approximate surface area is 239 Å². The van der Waals surface area contributed by atoms with Gasteiger partial charge < -0.3 is 0 Å². The van der Waals surface area contributed by atoms with E-state index < -0.39 is 17.5 Å². The van der Waals surface area contributed by atoms with Gasteiger partial charge in [-0.05, 0) is 19.8 Å². The van der Waals surface area contributed by atoms with Crippen LogP contribution in [0.15, 0.2) is 48.5 Å². The maximum absolute atomic E-state index is 13.5. The van der Waals surface area contributed by atoms with Crippen LogP contribution in [0.3, 0.4) is 0 Å². The van der Waals surface area contributed by atoms with Crippen LogP contribution in [0.2, 0.25) is 0 Å². The molecule has 0 saturated heterocycles. The zero-order valence-corrected chi connectivity index (χ0v) is 23.0. The zero-order valence-electron chi connectivity index (χ0n) is 21.3. The Bertz CT molecular complexity index is 1790. The third kappa shape index (κ3) is 4.05. The number of halogens is 3. The van der Waals surface area contributed by atoms with Gasteiger partial charge in [-0.1, -0.05) is 48.5 Å². The molecular formula is C30H19F3N2O4S2. The van der Waals surface area contributed by atoms with Gasteiger partial charge in [-0.3, -0.25) is 19.2 Å². The Balaban J connectivity index is 1.14. The van der Waals surface area contributed by atoms with Crippen LogP contribution in [0.25, 0.3) is 21.1 Å². The van der Waals surface area contributed by atoms with Crippen molar-refractivity contribution in [1.82, 2.24) is 9.97 Å². The van der Waals surface area contributed by atoms with E-state index in [1.54, 1.807) is 12.1 Å². The molecule has 0 bridgehead atoms. The molecule has 7 rings (SSSR count). The van der Waals surface area contributed by atoms with Gasteiger partial charge in [0.25, 0.3) is 5.78 Å². The Morgan fingerprint density at radius 3 is 1.51 bits per heavy atom. The Hall–Kier alpha value is -3.83. The molecule has 41 heavy (non-hydrogen) atoms. The molecule has 2 aromatic carbocycles. The van der Waals surface area contributed by atoms with Crippen LogP contribution in [0, 0.1) is 11.8 Å². The number of fused-ring (bicyclic) bond motifs is 6. The van der Waals surface area contributed by atoms with Crippen LogP contribution in [0.4, 0.5) is 13.2 Å². The number of aromatic nitrogens is 2. The van der Waals surface area contributed by atoms with E-state index in [1.165, 1.54) is 41.7 Å². The van der Waals surface area contributed by atoms with E-state index in [0.29, 0.717) is 45.4 Å². The summed E-state index contributed by atoms with van der Waals surface area (Å²) >= 11 is 2.79. The lowest BCUT2D eigenvalue weighted by Crippen LogP contribution is -2.30. The summed E-state index contributed by atoms with van der Waals surface area (Å²) in [5.74, 6) is -2.81. The average Bonchev–Trinajstić information content (AvgIpc) is 3.70. The highest BCUT2D eigenvalue weighted by molar-refractivity contribution is 7.16. The first-order valence-electron chi connectivity index (χ1n) is 12.9. The van der Waals surface area contributed by atoms with Gasteiger partial charge in [0.15, 0.2) is 17.3 Å². The number of carbonyl (C=O) groups is 4. The van der Waals surface area contributed by atoms with Crippen molar-refractivity contribution >= 4 is 45.8 Å². The summed E-state index contributed by atoms with van der Waals surface area (Å²) < 4.78 is 38.3. The molecule has 0 N–H and O–H groups in total. The first kappa shape index (κ1) is 26.1.